The summed E-state index contributed by atoms with van der Waals surface area (Å²) in [6.45, 7) is 1.31. The Hall–Kier alpha value is -1.92. The molecular formula is C16H20N2O4. The largest absolute Gasteiger partial charge is 0.497 e. The number of aliphatic hydroxyl groups excluding tert-OH is 1. The first-order valence-electron chi connectivity index (χ1n) is 7.53. The molecule has 6 nitrogen and oxygen atoms in total. The van der Waals surface area contributed by atoms with Crippen LogP contribution in [0.3, 0.4) is 0 Å². The summed E-state index contributed by atoms with van der Waals surface area (Å²) < 4.78 is 5.09. The van der Waals surface area contributed by atoms with Gasteiger partial charge in [-0.2, -0.15) is 0 Å². The van der Waals surface area contributed by atoms with Gasteiger partial charge < -0.3 is 9.84 Å². The normalized spacial score (nSPS) is 24.1. The van der Waals surface area contributed by atoms with E-state index in [0.717, 1.165) is 0 Å². The molecule has 1 N–H and O–H groups in total. The van der Waals surface area contributed by atoms with E-state index < -0.39 is 6.04 Å². The van der Waals surface area contributed by atoms with Crippen LogP contribution >= 0.6 is 0 Å². The van der Waals surface area contributed by atoms with Crippen LogP contribution in [-0.2, 0) is 9.59 Å². The van der Waals surface area contributed by atoms with Crippen LogP contribution in [0.5, 0.6) is 5.75 Å². The van der Waals surface area contributed by atoms with E-state index in [1.807, 2.05) is 4.90 Å². The summed E-state index contributed by atoms with van der Waals surface area (Å²) in [6.07, 6.45) is 1.23. The van der Waals surface area contributed by atoms with Crippen molar-refractivity contribution in [3.05, 3.63) is 24.3 Å². The summed E-state index contributed by atoms with van der Waals surface area (Å²) in [4.78, 5) is 28.1. The quantitative estimate of drug-likeness (QED) is 0.836. The number of ether oxygens (including phenoxy) is 1. The Morgan fingerprint density at radius 1 is 1.14 bits per heavy atom. The average Bonchev–Trinajstić information content (AvgIpc) is 2.83. The number of benzene rings is 1. The molecule has 3 rings (SSSR count). The predicted octanol–water partition coefficient (Wildman–Crippen LogP) is 0.784. The number of carbonyl (C=O) groups is 2. The van der Waals surface area contributed by atoms with E-state index in [4.69, 9.17) is 4.74 Å². The molecule has 22 heavy (non-hydrogen) atoms. The van der Waals surface area contributed by atoms with Gasteiger partial charge in [-0.1, -0.05) is 0 Å². The third-order valence-corrected chi connectivity index (χ3v) is 4.39. The molecule has 1 atom stereocenters. The number of piperidine rings is 1. The van der Waals surface area contributed by atoms with Gasteiger partial charge in [-0.3, -0.25) is 14.5 Å². The van der Waals surface area contributed by atoms with E-state index >= 15 is 0 Å². The SMILES string of the molecule is COc1ccc(N2C(=O)C[C@@H](N3CCC(O)CC3)C2=O)cc1. The van der Waals surface area contributed by atoms with Crippen molar-refractivity contribution in [2.45, 2.75) is 31.4 Å². The second-order valence-corrected chi connectivity index (χ2v) is 5.75. The molecule has 2 fully saturated rings. The number of aliphatic hydroxyl groups is 1. The smallest absolute Gasteiger partial charge is 0.251 e. The highest BCUT2D eigenvalue weighted by atomic mass is 16.5. The number of methoxy groups -OCH3 is 1. The van der Waals surface area contributed by atoms with Crippen LogP contribution in [0, 0.1) is 0 Å². The minimum atomic E-state index is -0.401. The number of likely N-dealkylation sites (tertiary alicyclic amines) is 1. The monoisotopic (exact) mass is 304 g/mol. The van der Waals surface area contributed by atoms with Gasteiger partial charge in [0, 0.05) is 13.1 Å². The standard InChI is InChI=1S/C16H20N2O4/c1-22-13-4-2-11(3-5-13)18-15(20)10-14(16(18)21)17-8-6-12(19)7-9-17/h2-5,12,14,19H,6-10H2,1H3/t14-/m1/s1. The van der Waals surface area contributed by atoms with Crippen LogP contribution in [0.4, 0.5) is 5.69 Å². The van der Waals surface area contributed by atoms with Crippen molar-refractivity contribution < 1.29 is 19.4 Å². The van der Waals surface area contributed by atoms with Gasteiger partial charge in [0.25, 0.3) is 5.91 Å². The molecule has 0 spiro atoms. The van der Waals surface area contributed by atoms with Crippen molar-refractivity contribution in [3.63, 3.8) is 0 Å². The molecule has 2 saturated heterocycles. The summed E-state index contributed by atoms with van der Waals surface area (Å²) >= 11 is 0. The Labute approximate surface area is 129 Å². The zero-order valence-electron chi connectivity index (χ0n) is 12.6. The summed E-state index contributed by atoms with van der Waals surface area (Å²) in [5, 5.41) is 9.57. The fourth-order valence-corrected chi connectivity index (χ4v) is 3.10. The first kappa shape index (κ1) is 15.0. The van der Waals surface area contributed by atoms with E-state index in [-0.39, 0.29) is 24.3 Å². The van der Waals surface area contributed by atoms with Crippen molar-refractivity contribution in [3.8, 4) is 5.75 Å². The van der Waals surface area contributed by atoms with Gasteiger partial charge >= 0.3 is 0 Å². The van der Waals surface area contributed by atoms with Gasteiger partial charge in [-0.05, 0) is 37.1 Å². The molecule has 2 amide bonds. The van der Waals surface area contributed by atoms with Gasteiger partial charge in [0.1, 0.15) is 5.75 Å². The maximum absolute atomic E-state index is 12.6. The number of hydrogen-bond acceptors (Lipinski definition) is 5. The Kier molecular flexibility index (Phi) is 4.13. The first-order valence-corrected chi connectivity index (χ1v) is 7.53. The lowest BCUT2D eigenvalue weighted by molar-refractivity contribution is -0.123. The molecule has 2 heterocycles. The van der Waals surface area contributed by atoms with Crippen LogP contribution in [0.25, 0.3) is 0 Å². The summed E-state index contributed by atoms with van der Waals surface area (Å²) in [5.41, 5.74) is 0.579. The Morgan fingerprint density at radius 3 is 2.36 bits per heavy atom. The number of amides is 2. The second kappa shape index (κ2) is 6.06. The van der Waals surface area contributed by atoms with Crippen molar-refractivity contribution >= 4 is 17.5 Å². The minimum Gasteiger partial charge on any atom is -0.497 e. The van der Waals surface area contributed by atoms with Crippen LogP contribution in [-0.4, -0.2) is 54.2 Å². The van der Waals surface area contributed by atoms with Crippen LogP contribution < -0.4 is 9.64 Å². The number of imide groups is 1. The summed E-state index contributed by atoms with van der Waals surface area (Å²) in [5.74, 6) is 0.335. The van der Waals surface area contributed by atoms with E-state index in [2.05, 4.69) is 0 Å². The summed E-state index contributed by atoms with van der Waals surface area (Å²) in [7, 11) is 1.57. The molecule has 0 bridgehead atoms. The Balaban J connectivity index is 1.76. The van der Waals surface area contributed by atoms with Crippen LogP contribution in [0.1, 0.15) is 19.3 Å². The van der Waals surface area contributed by atoms with Gasteiger partial charge in [0.15, 0.2) is 0 Å². The van der Waals surface area contributed by atoms with Crippen molar-refractivity contribution in [2.75, 3.05) is 25.1 Å². The Bertz CT molecular complexity index is 564. The van der Waals surface area contributed by atoms with Crippen molar-refractivity contribution in [2.24, 2.45) is 0 Å². The van der Waals surface area contributed by atoms with Gasteiger partial charge in [0.05, 0.1) is 31.4 Å². The molecule has 0 unspecified atom stereocenters. The van der Waals surface area contributed by atoms with E-state index in [1.54, 1.807) is 31.4 Å². The highest BCUT2D eigenvalue weighted by molar-refractivity contribution is 6.22. The molecule has 0 radical (unpaired) electrons. The predicted molar refractivity (Wildman–Crippen MR) is 80.7 cm³/mol. The molecule has 6 heteroatoms. The van der Waals surface area contributed by atoms with Crippen molar-refractivity contribution in [1.29, 1.82) is 0 Å². The lowest BCUT2D eigenvalue weighted by Gasteiger charge is -2.32. The Morgan fingerprint density at radius 2 is 1.77 bits per heavy atom. The molecule has 0 aliphatic carbocycles. The van der Waals surface area contributed by atoms with Crippen molar-refractivity contribution in [1.82, 2.24) is 4.90 Å². The molecule has 118 valence electrons. The molecule has 1 aromatic carbocycles. The topological polar surface area (TPSA) is 70.1 Å². The number of nitrogens with zero attached hydrogens (tertiary/aromatic N) is 2. The molecular weight excluding hydrogens is 284 g/mol. The molecule has 2 aliphatic rings. The fourth-order valence-electron chi connectivity index (χ4n) is 3.10. The highest BCUT2D eigenvalue weighted by Gasteiger charge is 2.43. The zero-order chi connectivity index (χ0) is 15.7. The number of rotatable bonds is 3. The maximum Gasteiger partial charge on any atom is 0.251 e. The van der Waals surface area contributed by atoms with Gasteiger partial charge in [-0.15, -0.1) is 0 Å². The van der Waals surface area contributed by atoms with E-state index in [0.29, 0.717) is 37.4 Å². The van der Waals surface area contributed by atoms with E-state index in [1.165, 1.54) is 4.90 Å². The van der Waals surface area contributed by atoms with Crippen LogP contribution in [0.2, 0.25) is 0 Å². The fraction of sp³-hybridized carbons (Fsp3) is 0.500. The first-order chi connectivity index (χ1) is 10.6. The molecule has 0 saturated carbocycles. The second-order valence-electron chi connectivity index (χ2n) is 5.75. The van der Waals surface area contributed by atoms with Gasteiger partial charge in [0.2, 0.25) is 5.91 Å². The minimum absolute atomic E-state index is 0.174. The lowest BCUT2D eigenvalue weighted by Crippen LogP contribution is -2.46. The molecule has 1 aromatic rings. The summed E-state index contributed by atoms with van der Waals surface area (Å²) in [6, 6.07) is 6.51. The lowest BCUT2D eigenvalue weighted by atomic mass is 10.1. The third kappa shape index (κ3) is 2.71. The zero-order valence-corrected chi connectivity index (χ0v) is 12.6. The number of hydrogen-bond donors (Lipinski definition) is 1. The van der Waals surface area contributed by atoms with E-state index in [9.17, 15) is 14.7 Å². The van der Waals surface area contributed by atoms with Gasteiger partial charge in [-0.25, -0.2) is 4.90 Å². The third-order valence-electron chi connectivity index (χ3n) is 4.39. The average molecular weight is 304 g/mol. The maximum atomic E-state index is 12.6. The highest BCUT2D eigenvalue weighted by Crippen LogP contribution is 2.28. The molecule has 0 aromatic heterocycles. The van der Waals surface area contributed by atoms with Crippen LogP contribution in [0.15, 0.2) is 24.3 Å². The molecule has 2 aliphatic heterocycles. The number of anilines is 1. The number of carbonyl (C=O) groups excluding carboxylic acids is 2.